The summed E-state index contributed by atoms with van der Waals surface area (Å²) in [5, 5.41) is 60.4. The van der Waals surface area contributed by atoms with Crippen LogP contribution in [-0.2, 0) is 81.7 Å². The van der Waals surface area contributed by atoms with Crippen molar-refractivity contribution in [1.82, 2.24) is 58.1 Å². The van der Waals surface area contributed by atoms with E-state index in [1.807, 2.05) is 152 Å². The van der Waals surface area contributed by atoms with E-state index in [4.69, 9.17) is 0 Å². The van der Waals surface area contributed by atoms with Gasteiger partial charge in [0.05, 0.1) is 70.7 Å². The second kappa shape index (κ2) is 45.8. The van der Waals surface area contributed by atoms with Crippen molar-refractivity contribution in [2.45, 2.75) is 198 Å². The molecule has 40 heteroatoms. The highest BCUT2D eigenvalue weighted by Gasteiger charge is 2.47. The summed E-state index contributed by atoms with van der Waals surface area (Å²) in [4.78, 5) is 68.4. The van der Waals surface area contributed by atoms with E-state index < -0.39 is 62.5 Å². The number of hydrogen-bond acceptors (Lipinski definition) is 28. The number of amides is 4. The van der Waals surface area contributed by atoms with Crippen molar-refractivity contribution in [3.63, 3.8) is 0 Å². The van der Waals surface area contributed by atoms with Crippen molar-refractivity contribution in [2.24, 2.45) is 23.7 Å². The van der Waals surface area contributed by atoms with Gasteiger partial charge in [-0.25, -0.2) is 33.7 Å². The lowest BCUT2D eigenvalue weighted by Gasteiger charge is -2.46. The molecule has 0 unspecified atom stereocenters. The summed E-state index contributed by atoms with van der Waals surface area (Å²) in [6.45, 7) is 43.1. The van der Waals surface area contributed by atoms with Gasteiger partial charge in [0.2, 0.25) is 23.6 Å². The molecule has 140 heavy (non-hydrogen) atoms. The Morgan fingerprint density at radius 2 is 0.464 bits per heavy atom. The van der Waals surface area contributed by atoms with Crippen molar-refractivity contribution in [3.05, 3.63) is 189 Å². The molecule has 4 aromatic carbocycles. The Morgan fingerprint density at radius 3 is 0.614 bits per heavy atom. The van der Waals surface area contributed by atoms with Crippen molar-refractivity contribution in [3.8, 4) is 0 Å². The first-order valence-corrected chi connectivity index (χ1v) is 57.8. The van der Waals surface area contributed by atoms with Crippen LogP contribution in [-0.4, -0.2) is 320 Å². The lowest BCUT2D eigenvalue weighted by atomic mass is 9.97. The molecule has 4 amide bonds. The van der Waals surface area contributed by atoms with E-state index in [0.29, 0.717) is 148 Å². The maximum atomic E-state index is 13.3. The second-order valence-corrected chi connectivity index (χ2v) is 53.3. The van der Waals surface area contributed by atoms with Gasteiger partial charge in [0, 0.05) is 180 Å². The molecule has 4 aromatic heterocycles. The standard InChI is InChI=1S/4C25H36N4O4S2/c4*1-18(2)23-24(30)26-11-12-27(23)16-21-17-28(35(32,33)22-6-5-15-34-22)13-14-29(21)20-9-7-19(8-10-20)25(3,4)31/h4*5-10,15,18,21,23,31H,11-14,16-17H2,1-4H3,(H,26,30)/t2*21-,23+;2*21-,23-/m0000/s1. The van der Waals surface area contributed by atoms with Crippen molar-refractivity contribution in [1.29, 1.82) is 0 Å². The van der Waals surface area contributed by atoms with E-state index in [2.05, 4.69) is 60.5 Å². The first kappa shape index (κ1) is 109. The molecule has 8 atom stereocenters. The summed E-state index contributed by atoms with van der Waals surface area (Å²) in [5.74, 6) is 0.706. The number of rotatable bonds is 28. The summed E-state index contributed by atoms with van der Waals surface area (Å²) in [5.41, 5.74) is 3.50. The van der Waals surface area contributed by atoms with Crippen LogP contribution < -0.4 is 40.9 Å². The number of nitrogens with one attached hydrogen (secondary N) is 4. The number of anilines is 4. The maximum absolute atomic E-state index is 13.3. The third kappa shape index (κ3) is 26.1. The van der Waals surface area contributed by atoms with Crippen LogP contribution in [0.5, 0.6) is 0 Å². The molecule has 8 saturated heterocycles. The summed E-state index contributed by atoms with van der Waals surface area (Å²) in [6, 6.07) is 43.5. The Balaban J connectivity index is 0.000000157. The lowest BCUT2D eigenvalue weighted by Crippen LogP contribution is -2.63. The van der Waals surface area contributed by atoms with Crippen LogP contribution in [0.15, 0.2) is 184 Å². The van der Waals surface area contributed by atoms with Crippen molar-refractivity contribution >= 4 is 132 Å². The fourth-order valence-corrected chi connectivity index (χ4v) is 30.7. The zero-order valence-corrected chi connectivity index (χ0v) is 89.9. The monoisotopic (exact) mass is 2080 g/mol. The first-order chi connectivity index (χ1) is 65.9. The zero-order chi connectivity index (χ0) is 102. The lowest BCUT2D eigenvalue weighted by molar-refractivity contribution is -0.131. The number of nitrogens with zero attached hydrogens (tertiary/aromatic N) is 12. The van der Waals surface area contributed by atoms with E-state index in [9.17, 15) is 73.3 Å². The predicted octanol–water partition coefficient (Wildman–Crippen LogP) is 9.25. The number of thiophene rings is 4. The van der Waals surface area contributed by atoms with E-state index in [-0.39, 0.29) is 95.6 Å². The first-order valence-electron chi connectivity index (χ1n) is 48.5. The quantitative estimate of drug-likeness (QED) is 0.0226. The number of benzene rings is 4. The largest absolute Gasteiger partial charge is 0.386 e. The number of aliphatic hydroxyl groups is 4. The Hall–Kier alpha value is -7.92. The van der Waals surface area contributed by atoms with Gasteiger partial charge in [-0.05, 0) is 196 Å². The minimum Gasteiger partial charge on any atom is -0.386 e. The molecule has 8 aromatic rings. The molecular weight excluding hydrogens is 1940 g/mol. The van der Waals surface area contributed by atoms with Crippen LogP contribution in [0, 0.1) is 23.7 Å². The summed E-state index contributed by atoms with van der Waals surface area (Å²) in [6.07, 6.45) is 0. The number of carbonyl (C=O) groups excluding carboxylic acids is 4. The van der Waals surface area contributed by atoms with Crippen LogP contribution in [0.25, 0.3) is 0 Å². The molecule has 8 N–H and O–H groups in total. The molecule has 12 heterocycles. The average molecular weight is 2080 g/mol. The van der Waals surface area contributed by atoms with Gasteiger partial charge in [0.15, 0.2) is 0 Å². The van der Waals surface area contributed by atoms with Gasteiger partial charge in [0.1, 0.15) is 16.8 Å². The van der Waals surface area contributed by atoms with E-state index in [0.717, 1.165) is 71.2 Å². The highest BCUT2D eigenvalue weighted by atomic mass is 32.3. The number of hydrogen-bond donors (Lipinski definition) is 8. The van der Waals surface area contributed by atoms with Gasteiger partial charge in [-0.3, -0.25) is 38.8 Å². The number of piperazine rings is 8. The van der Waals surface area contributed by atoms with Gasteiger partial charge in [-0.1, -0.05) is 128 Å². The van der Waals surface area contributed by atoms with Crippen LogP contribution in [0.3, 0.4) is 0 Å². The molecule has 32 nitrogen and oxygen atoms in total. The summed E-state index contributed by atoms with van der Waals surface area (Å²) >= 11 is 4.94. The minimum atomic E-state index is -3.57. The predicted molar refractivity (Wildman–Crippen MR) is 556 cm³/mol. The van der Waals surface area contributed by atoms with E-state index >= 15 is 0 Å². The highest BCUT2D eigenvalue weighted by Crippen LogP contribution is 2.38. The number of sulfonamides is 4. The highest BCUT2D eigenvalue weighted by molar-refractivity contribution is 7.92. The second-order valence-electron chi connectivity index (χ2n) is 40.9. The molecule has 0 saturated carbocycles. The van der Waals surface area contributed by atoms with Crippen LogP contribution in [0.2, 0.25) is 0 Å². The maximum Gasteiger partial charge on any atom is 0.252 e. The van der Waals surface area contributed by atoms with Crippen LogP contribution >= 0.6 is 45.3 Å². The fraction of sp³-hybridized carbons (Fsp3) is 0.560. The Kier molecular flexibility index (Phi) is 35.8. The Labute approximate surface area is 844 Å². The Bertz CT molecular complexity index is 5160. The molecule has 0 aliphatic carbocycles. The third-order valence-corrected chi connectivity index (χ3v) is 40.5. The molecule has 8 aliphatic heterocycles. The molecular formula is C100H144N16O16S8. The van der Waals surface area contributed by atoms with Gasteiger partial charge >= 0.3 is 0 Å². The molecule has 768 valence electrons. The topological polar surface area (TPSA) is 373 Å². The van der Waals surface area contributed by atoms with Crippen LogP contribution in [0.4, 0.5) is 22.7 Å². The van der Waals surface area contributed by atoms with Gasteiger partial charge in [0.25, 0.3) is 40.1 Å². The summed E-state index contributed by atoms with van der Waals surface area (Å²) < 4.78 is 114. The van der Waals surface area contributed by atoms with Gasteiger partial charge in [-0.15, -0.1) is 45.3 Å². The van der Waals surface area contributed by atoms with Crippen LogP contribution in [0.1, 0.15) is 133 Å². The summed E-state index contributed by atoms with van der Waals surface area (Å²) in [7, 11) is -14.3. The molecule has 8 fully saturated rings. The molecule has 0 spiro atoms. The Morgan fingerprint density at radius 1 is 0.286 bits per heavy atom. The molecule has 16 rings (SSSR count). The molecule has 0 bridgehead atoms. The van der Waals surface area contributed by atoms with Gasteiger partial charge in [-0.2, -0.15) is 17.2 Å². The van der Waals surface area contributed by atoms with Crippen molar-refractivity contribution < 1.29 is 73.3 Å². The van der Waals surface area contributed by atoms with E-state index in [1.54, 1.807) is 143 Å². The third-order valence-electron chi connectivity index (χ3n) is 27.5. The van der Waals surface area contributed by atoms with E-state index in [1.165, 1.54) is 45.3 Å². The van der Waals surface area contributed by atoms with Crippen molar-refractivity contribution in [2.75, 3.05) is 177 Å². The molecule has 0 radical (unpaired) electrons. The fourth-order valence-electron chi connectivity index (χ4n) is 20.3. The SMILES string of the molecule is CC(C)[C@@H]1C(=O)NCCN1C[C@H]1CN(S(=O)(=O)c2cccs2)CCN1c1ccc(C(C)(C)O)cc1.CC(C)[C@@H]1C(=O)NCCN1C[C@H]1CN(S(=O)(=O)c2cccs2)CCN1c1ccc(C(C)(C)O)cc1.CC(C)[C@H]1C(=O)NCCN1C[C@H]1CN(S(=O)(=O)c2cccs2)CCN1c1ccc(C(C)(C)O)cc1.CC(C)[C@H]1C(=O)NCCN1C[C@H]1CN(S(=O)(=O)c2cccs2)CCN1c1ccc(C(C)(C)O)cc1. The minimum absolute atomic E-state index is 0.0335. The molecule has 8 aliphatic rings. The average Bonchev–Trinajstić information content (AvgIpc) is 1.10. The normalized spacial score (nSPS) is 23.0. The zero-order valence-electron chi connectivity index (χ0n) is 83.4. The smallest absolute Gasteiger partial charge is 0.252 e. The number of carbonyl (C=O) groups is 4. The van der Waals surface area contributed by atoms with Gasteiger partial charge < -0.3 is 61.3 Å².